The summed E-state index contributed by atoms with van der Waals surface area (Å²) in [6, 6.07) is 0. The Morgan fingerprint density at radius 2 is 2.08 bits per heavy atom. The maximum Gasteiger partial charge on any atom is 0.450 e. The van der Waals surface area contributed by atoms with E-state index in [1.807, 2.05) is 13.8 Å². The lowest BCUT2D eigenvalue weighted by atomic mass is 10.2. The van der Waals surface area contributed by atoms with Gasteiger partial charge in [0.05, 0.1) is 6.20 Å². The van der Waals surface area contributed by atoms with Crippen LogP contribution in [0.1, 0.15) is 25.5 Å². The molecule has 1 aromatic heterocycles. The fraction of sp³-hybridized carbons (Fsp3) is 0.571. The van der Waals surface area contributed by atoms with E-state index in [1.54, 1.807) is 0 Å². The number of alkyl halides is 3. The first-order chi connectivity index (χ1) is 5.88. The highest BCUT2D eigenvalue weighted by Gasteiger charge is 2.32. The molecule has 0 amide bonds. The first-order valence-corrected chi connectivity index (χ1v) is 4.41. The Labute approximate surface area is 77.5 Å². The van der Waals surface area contributed by atoms with Gasteiger partial charge in [-0.15, -0.1) is 0 Å². The molecule has 0 saturated heterocycles. The molecule has 0 radical (unpaired) electrons. The van der Waals surface area contributed by atoms with Crippen LogP contribution in [0.3, 0.4) is 0 Å². The molecule has 0 fully saturated rings. The highest BCUT2D eigenvalue weighted by atomic mass is 32.2. The first kappa shape index (κ1) is 10.4. The summed E-state index contributed by atoms with van der Waals surface area (Å²) in [6.07, 6.45) is 1.32. The molecule has 0 aliphatic rings. The molecule has 13 heavy (non-hydrogen) atoms. The average molecular weight is 211 g/mol. The molecule has 6 heteroatoms. The van der Waals surface area contributed by atoms with E-state index in [4.69, 9.17) is 4.42 Å². The molecule has 0 aliphatic heterocycles. The Kier molecular flexibility index (Phi) is 2.90. The first-order valence-electron chi connectivity index (χ1n) is 3.60. The second kappa shape index (κ2) is 3.61. The summed E-state index contributed by atoms with van der Waals surface area (Å²) < 4.78 is 40.3. The zero-order valence-electron chi connectivity index (χ0n) is 7.05. The van der Waals surface area contributed by atoms with Gasteiger partial charge in [-0.3, -0.25) is 0 Å². The standard InChI is InChI=1S/C7H8F3NOS/c1-4(2)5-3-11-6(12-5)13-7(8,9)10/h3-4H,1-2H3. The van der Waals surface area contributed by atoms with Crippen LogP contribution in [0.4, 0.5) is 13.2 Å². The molecule has 1 rings (SSSR count). The van der Waals surface area contributed by atoms with Crippen LogP contribution in [0.5, 0.6) is 0 Å². The Morgan fingerprint density at radius 3 is 2.46 bits per heavy atom. The maximum atomic E-state index is 11.8. The van der Waals surface area contributed by atoms with E-state index in [2.05, 4.69) is 4.98 Å². The fourth-order valence-electron chi connectivity index (χ4n) is 0.683. The summed E-state index contributed by atoms with van der Waals surface area (Å²) in [5, 5.41) is -0.351. The van der Waals surface area contributed by atoms with Crippen LogP contribution < -0.4 is 0 Å². The number of nitrogens with zero attached hydrogens (tertiary/aromatic N) is 1. The maximum absolute atomic E-state index is 11.8. The van der Waals surface area contributed by atoms with Gasteiger partial charge in [0, 0.05) is 17.7 Å². The lowest BCUT2D eigenvalue weighted by molar-refractivity contribution is -0.0337. The second-order valence-corrected chi connectivity index (χ2v) is 3.75. The van der Waals surface area contributed by atoms with Crippen molar-refractivity contribution in [2.75, 3.05) is 0 Å². The van der Waals surface area contributed by atoms with Crippen molar-refractivity contribution in [3.8, 4) is 0 Å². The normalized spacial score (nSPS) is 12.5. The van der Waals surface area contributed by atoms with E-state index in [0.717, 1.165) is 0 Å². The molecule has 0 unspecified atom stereocenters. The average Bonchev–Trinajstić information content (AvgIpc) is 2.31. The molecule has 1 aromatic rings. The van der Waals surface area contributed by atoms with Crippen LogP contribution in [0.15, 0.2) is 15.8 Å². The molecule has 0 N–H and O–H groups in total. The number of halogens is 3. The predicted octanol–water partition coefficient (Wildman–Crippen LogP) is 3.41. The molecule has 0 aromatic carbocycles. The number of hydrogen-bond donors (Lipinski definition) is 0. The van der Waals surface area contributed by atoms with Gasteiger partial charge in [-0.1, -0.05) is 13.8 Å². The van der Waals surface area contributed by atoms with Gasteiger partial charge in [-0.2, -0.15) is 13.2 Å². The topological polar surface area (TPSA) is 26.0 Å². The van der Waals surface area contributed by atoms with Crippen LogP contribution in [0.25, 0.3) is 0 Å². The number of aromatic nitrogens is 1. The number of rotatable bonds is 2. The van der Waals surface area contributed by atoms with Crippen LogP contribution in [-0.4, -0.2) is 10.5 Å². The number of thioether (sulfide) groups is 1. The molecule has 0 atom stereocenters. The minimum Gasteiger partial charge on any atom is -0.436 e. The summed E-state index contributed by atoms with van der Waals surface area (Å²) in [7, 11) is 0. The lowest BCUT2D eigenvalue weighted by Crippen LogP contribution is -1.98. The lowest BCUT2D eigenvalue weighted by Gasteiger charge is -2.00. The summed E-state index contributed by atoms with van der Waals surface area (Å²) in [5.74, 6) is 0.516. The molecule has 0 aliphatic carbocycles. The summed E-state index contributed by atoms with van der Waals surface area (Å²) in [5.41, 5.74) is -4.33. The Morgan fingerprint density at radius 1 is 1.46 bits per heavy atom. The van der Waals surface area contributed by atoms with Gasteiger partial charge in [0.1, 0.15) is 5.76 Å². The van der Waals surface area contributed by atoms with Gasteiger partial charge in [-0.05, 0) is 0 Å². The van der Waals surface area contributed by atoms with E-state index < -0.39 is 5.51 Å². The van der Waals surface area contributed by atoms with Crippen LogP contribution in [-0.2, 0) is 0 Å². The Balaban J connectivity index is 2.70. The Bertz CT molecular complexity index is 282. The Hall–Kier alpha value is -0.650. The largest absolute Gasteiger partial charge is 0.450 e. The van der Waals surface area contributed by atoms with Crippen LogP contribution >= 0.6 is 11.8 Å². The van der Waals surface area contributed by atoms with Gasteiger partial charge < -0.3 is 4.42 Å². The van der Waals surface area contributed by atoms with Gasteiger partial charge >= 0.3 is 5.51 Å². The smallest absolute Gasteiger partial charge is 0.436 e. The van der Waals surface area contributed by atoms with Crippen molar-refractivity contribution in [1.29, 1.82) is 0 Å². The van der Waals surface area contributed by atoms with E-state index in [9.17, 15) is 13.2 Å². The minimum absolute atomic E-state index is 0.0510. The zero-order valence-corrected chi connectivity index (χ0v) is 7.87. The van der Waals surface area contributed by atoms with E-state index in [1.165, 1.54) is 6.20 Å². The van der Waals surface area contributed by atoms with E-state index in [-0.39, 0.29) is 22.9 Å². The predicted molar refractivity (Wildman–Crippen MR) is 42.5 cm³/mol. The fourth-order valence-corrected chi connectivity index (χ4v) is 1.12. The third-order valence-corrected chi connectivity index (χ3v) is 1.87. The van der Waals surface area contributed by atoms with Gasteiger partial charge in [-0.25, -0.2) is 4.98 Å². The summed E-state index contributed by atoms with van der Waals surface area (Å²) in [6.45, 7) is 3.64. The number of oxazole rings is 1. The molecule has 1 heterocycles. The third-order valence-electron chi connectivity index (χ3n) is 1.27. The highest BCUT2D eigenvalue weighted by Crippen LogP contribution is 2.36. The molecular formula is C7H8F3NOS. The van der Waals surface area contributed by atoms with Crippen molar-refractivity contribution >= 4 is 11.8 Å². The third kappa shape index (κ3) is 3.30. The number of hydrogen-bond acceptors (Lipinski definition) is 3. The monoisotopic (exact) mass is 211 g/mol. The molecule has 0 saturated carbocycles. The molecule has 2 nitrogen and oxygen atoms in total. The quantitative estimate of drug-likeness (QED) is 0.701. The molecular weight excluding hydrogens is 203 g/mol. The summed E-state index contributed by atoms with van der Waals surface area (Å²) >= 11 is -0.339. The van der Waals surface area contributed by atoms with Crippen molar-refractivity contribution < 1.29 is 17.6 Å². The van der Waals surface area contributed by atoms with Crippen molar-refractivity contribution in [3.63, 3.8) is 0 Å². The van der Waals surface area contributed by atoms with Gasteiger partial charge in [0.15, 0.2) is 0 Å². The van der Waals surface area contributed by atoms with Crippen molar-refractivity contribution in [1.82, 2.24) is 4.98 Å². The van der Waals surface area contributed by atoms with E-state index in [0.29, 0.717) is 5.76 Å². The molecule has 0 bridgehead atoms. The molecule has 0 spiro atoms. The second-order valence-electron chi connectivity index (χ2n) is 2.73. The summed E-state index contributed by atoms with van der Waals surface area (Å²) in [4.78, 5) is 3.50. The molecule has 74 valence electrons. The van der Waals surface area contributed by atoms with Crippen LogP contribution in [0.2, 0.25) is 0 Å². The van der Waals surface area contributed by atoms with Crippen molar-refractivity contribution in [2.45, 2.75) is 30.5 Å². The SMILES string of the molecule is CC(C)c1cnc(SC(F)(F)F)o1. The van der Waals surface area contributed by atoms with Gasteiger partial charge in [0.25, 0.3) is 5.22 Å². The van der Waals surface area contributed by atoms with E-state index >= 15 is 0 Å². The van der Waals surface area contributed by atoms with Crippen molar-refractivity contribution in [2.24, 2.45) is 0 Å². The van der Waals surface area contributed by atoms with Gasteiger partial charge in [0.2, 0.25) is 0 Å². The zero-order chi connectivity index (χ0) is 10.1. The van der Waals surface area contributed by atoms with Crippen LogP contribution in [0, 0.1) is 0 Å². The van der Waals surface area contributed by atoms with Crippen molar-refractivity contribution in [3.05, 3.63) is 12.0 Å². The minimum atomic E-state index is -4.33. The highest BCUT2D eigenvalue weighted by molar-refractivity contribution is 7.99.